The summed E-state index contributed by atoms with van der Waals surface area (Å²) >= 11 is 1.15. The number of halogens is 3. The first kappa shape index (κ1) is 12.9. The Morgan fingerprint density at radius 1 is 1.10 bits per heavy atom. The summed E-state index contributed by atoms with van der Waals surface area (Å²) in [4.78, 5) is 4.18. The maximum absolute atomic E-state index is 13.8. The summed E-state index contributed by atoms with van der Waals surface area (Å²) in [7, 11) is 0. The van der Waals surface area contributed by atoms with E-state index in [1.165, 1.54) is 0 Å². The number of nitrogens with zero attached hydrogens (tertiary/aromatic N) is 1. The van der Waals surface area contributed by atoms with Gasteiger partial charge in [0.15, 0.2) is 17.4 Å². The highest BCUT2D eigenvalue weighted by Crippen LogP contribution is 2.36. The number of aromatic hydroxyl groups is 1. The molecule has 0 saturated carbocycles. The largest absolute Gasteiger partial charge is 0.503 e. The van der Waals surface area contributed by atoms with E-state index in [-0.39, 0.29) is 10.6 Å². The van der Waals surface area contributed by atoms with E-state index in [1.54, 1.807) is 6.07 Å². The van der Waals surface area contributed by atoms with Gasteiger partial charge in [0.25, 0.3) is 0 Å². The molecule has 3 aromatic rings. The van der Waals surface area contributed by atoms with Gasteiger partial charge in [-0.25, -0.2) is 13.8 Å². The molecule has 1 N–H and O–H groups in total. The fraction of sp³-hybridized carbons (Fsp3) is 0.0714. The van der Waals surface area contributed by atoms with Crippen LogP contribution in [0.4, 0.5) is 13.2 Å². The van der Waals surface area contributed by atoms with E-state index >= 15 is 0 Å². The summed E-state index contributed by atoms with van der Waals surface area (Å²) in [5.41, 5.74) is 1.40. The van der Waals surface area contributed by atoms with Gasteiger partial charge in [0.05, 0.1) is 15.8 Å². The third-order valence-corrected chi connectivity index (χ3v) is 3.96. The molecule has 2 aromatic carbocycles. The first-order valence-electron chi connectivity index (χ1n) is 5.71. The average Bonchev–Trinajstić information content (AvgIpc) is 2.83. The van der Waals surface area contributed by atoms with Gasteiger partial charge in [-0.1, -0.05) is 6.07 Å². The van der Waals surface area contributed by atoms with Crippen molar-refractivity contribution in [1.82, 2.24) is 4.98 Å². The Morgan fingerprint density at radius 3 is 2.60 bits per heavy atom. The lowest BCUT2D eigenvalue weighted by Crippen LogP contribution is -1.93. The SMILES string of the molecule is Cc1ccc2nc(-c3cc(F)c(F)c(O)c3F)sc2c1. The van der Waals surface area contributed by atoms with E-state index in [4.69, 9.17) is 0 Å². The van der Waals surface area contributed by atoms with Crippen molar-refractivity contribution in [2.75, 3.05) is 0 Å². The second kappa shape index (κ2) is 4.49. The normalized spacial score (nSPS) is 11.2. The minimum Gasteiger partial charge on any atom is -0.503 e. The number of aryl methyl sites for hydroxylation is 1. The quantitative estimate of drug-likeness (QED) is 0.675. The van der Waals surface area contributed by atoms with Gasteiger partial charge >= 0.3 is 0 Å². The molecule has 6 heteroatoms. The molecular formula is C14H8F3NOS. The molecule has 3 rings (SSSR count). The Bertz CT molecular complexity index is 829. The van der Waals surface area contributed by atoms with E-state index in [9.17, 15) is 18.3 Å². The lowest BCUT2D eigenvalue weighted by atomic mass is 10.2. The van der Waals surface area contributed by atoms with Crippen LogP contribution in [-0.4, -0.2) is 10.1 Å². The molecule has 0 saturated heterocycles. The molecule has 1 heterocycles. The van der Waals surface area contributed by atoms with Crippen LogP contribution in [0.3, 0.4) is 0 Å². The van der Waals surface area contributed by atoms with Crippen LogP contribution in [-0.2, 0) is 0 Å². The predicted octanol–water partition coefficient (Wildman–Crippen LogP) is 4.39. The van der Waals surface area contributed by atoms with Crippen molar-refractivity contribution in [1.29, 1.82) is 0 Å². The molecule has 0 aliphatic heterocycles. The molecule has 0 fully saturated rings. The summed E-state index contributed by atoms with van der Waals surface area (Å²) < 4.78 is 41.0. The molecular weight excluding hydrogens is 287 g/mol. The van der Waals surface area contributed by atoms with Crippen LogP contribution >= 0.6 is 11.3 Å². The lowest BCUT2D eigenvalue weighted by molar-refractivity contribution is 0.377. The van der Waals surface area contributed by atoms with Crippen molar-refractivity contribution in [3.8, 4) is 16.3 Å². The van der Waals surface area contributed by atoms with Gasteiger partial charge < -0.3 is 5.11 Å². The standard InChI is InChI=1S/C14H8F3NOS/c1-6-2-3-9-10(4-6)20-14(18-9)7-5-8(15)12(17)13(19)11(7)16/h2-5,19H,1H3. The summed E-state index contributed by atoms with van der Waals surface area (Å²) in [6, 6.07) is 6.19. The van der Waals surface area contributed by atoms with Crippen LogP contribution in [0.1, 0.15) is 5.56 Å². The number of phenolic OH excluding ortho intramolecular Hbond substituents is 1. The molecule has 0 spiro atoms. The average molecular weight is 295 g/mol. The predicted molar refractivity (Wildman–Crippen MR) is 71.3 cm³/mol. The van der Waals surface area contributed by atoms with Crippen molar-refractivity contribution in [2.45, 2.75) is 6.92 Å². The number of benzene rings is 2. The fourth-order valence-corrected chi connectivity index (χ4v) is 2.97. The maximum Gasteiger partial charge on any atom is 0.203 e. The van der Waals surface area contributed by atoms with E-state index < -0.39 is 23.2 Å². The molecule has 0 aliphatic carbocycles. The van der Waals surface area contributed by atoms with Crippen LogP contribution in [0.2, 0.25) is 0 Å². The minimum absolute atomic E-state index is 0.192. The van der Waals surface area contributed by atoms with Gasteiger partial charge in [-0.3, -0.25) is 0 Å². The van der Waals surface area contributed by atoms with E-state index in [1.807, 2.05) is 19.1 Å². The number of rotatable bonds is 1. The molecule has 0 aliphatic rings. The number of thiazole rings is 1. The Kier molecular flexibility index (Phi) is 2.90. The van der Waals surface area contributed by atoms with Crippen molar-refractivity contribution >= 4 is 21.6 Å². The Balaban J connectivity index is 2.25. The van der Waals surface area contributed by atoms with Gasteiger partial charge in [-0.15, -0.1) is 11.3 Å². The summed E-state index contributed by atoms with van der Waals surface area (Å²) in [6.07, 6.45) is 0. The zero-order chi connectivity index (χ0) is 14.4. The topological polar surface area (TPSA) is 33.1 Å². The van der Waals surface area contributed by atoms with E-state index in [0.29, 0.717) is 11.6 Å². The molecule has 102 valence electrons. The molecule has 0 radical (unpaired) electrons. The summed E-state index contributed by atoms with van der Waals surface area (Å²) in [5.74, 6) is -5.44. The van der Waals surface area contributed by atoms with Gasteiger partial charge in [0, 0.05) is 0 Å². The van der Waals surface area contributed by atoms with Gasteiger partial charge in [0.1, 0.15) is 5.01 Å². The third kappa shape index (κ3) is 1.92. The second-order valence-electron chi connectivity index (χ2n) is 4.37. The Labute approximate surface area is 116 Å². The highest BCUT2D eigenvalue weighted by Gasteiger charge is 2.21. The van der Waals surface area contributed by atoms with Crippen molar-refractivity contribution in [3.05, 3.63) is 47.3 Å². The number of fused-ring (bicyclic) bond motifs is 1. The van der Waals surface area contributed by atoms with Crippen molar-refractivity contribution < 1.29 is 18.3 Å². The van der Waals surface area contributed by atoms with Gasteiger partial charge in [-0.2, -0.15) is 4.39 Å². The highest BCUT2D eigenvalue weighted by molar-refractivity contribution is 7.21. The van der Waals surface area contributed by atoms with E-state index in [0.717, 1.165) is 21.6 Å². The molecule has 0 atom stereocenters. The van der Waals surface area contributed by atoms with Crippen LogP contribution < -0.4 is 0 Å². The molecule has 1 aromatic heterocycles. The third-order valence-electron chi connectivity index (χ3n) is 2.91. The highest BCUT2D eigenvalue weighted by atomic mass is 32.1. The van der Waals surface area contributed by atoms with Crippen LogP contribution in [0.5, 0.6) is 5.75 Å². The number of hydrogen-bond donors (Lipinski definition) is 1. The minimum atomic E-state index is -1.59. The molecule has 20 heavy (non-hydrogen) atoms. The Hall–Kier alpha value is -2.08. The monoisotopic (exact) mass is 295 g/mol. The van der Waals surface area contributed by atoms with Crippen LogP contribution in [0, 0.1) is 24.4 Å². The van der Waals surface area contributed by atoms with Crippen molar-refractivity contribution in [3.63, 3.8) is 0 Å². The number of phenols is 1. The van der Waals surface area contributed by atoms with E-state index in [2.05, 4.69) is 4.98 Å². The van der Waals surface area contributed by atoms with Crippen molar-refractivity contribution in [2.24, 2.45) is 0 Å². The Morgan fingerprint density at radius 2 is 1.85 bits per heavy atom. The second-order valence-corrected chi connectivity index (χ2v) is 5.40. The first-order valence-corrected chi connectivity index (χ1v) is 6.53. The summed E-state index contributed by atoms with van der Waals surface area (Å²) in [5, 5.41) is 9.43. The zero-order valence-electron chi connectivity index (χ0n) is 10.2. The lowest BCUT2D eigenvalue weighted by Gasteiger charge is -2.03. The molecule has 0 bridgehead atoms. The van der Waals surface area contributed by atoms with Gasteiger partial charge in [0.2, 0.25) is 5.82 Å². The zero-order valence-corrected chi connectivity index (χ0v) is 11.1. The summed E-state index contributed by atoms with van der Waals surface area (Å²) in [6.45, 7) is 1.91. The van der Waals surface area contributed by atoms with Crippen LogP contribution in [0.15, 0.2) is 24.3 Å². The number of hydrogen-bond acceptors (Lipinski definition) is 3. The van der Waals surface area contributed by atoms with Crippen LogP contribution in [0.25, 0.3) is 20.8 Å². The van der Waals surface area contributed by atoms with Gasteiger partial charge in [-0.05, 0) is 30.7 Å². The maximum atomic E-state index is 13.8. The molecule has 0 unspecified atom stereocenters. The first-order chi connectivity index (χ1) is 9.47. The molecule has 2 nitrogen and oxygen atoms in total. The fourth-order valence-electron chi connectivity index (χ4n) is 1.89. The number of aromatic nitrogens is 1. The molecule has 0 amide bonds. The smallest absolute Gasteiger partial charge is 0.203 e.